The molecule has 0 amide bonds. The first-order valence-corrected chi connectivity index (χ1v) is 4.29. The largest absolute Gasteiger partial charge is 0.478 e. The summed E-state index contributed by atoms with van der Waals surface area (Å²) < 4.78 is 0. The molecule has 1 aromatic rings. The Morgan fingerprint density at radius 2 is 2.36 bits per heavy atom. The molecular formula is C8H10ClN3O2. The summed E-state index contributed by atoms with van der Waals surface area (Å²) in [6.07, 6.45) is 1.32. The number of aromatic nitrogens is 1. The summed E-state index contributed by atoms with van der Waals surface area (Å²) >= 11 is 5.74. The minimum absolute atomic E-state index is 0.0444. The van der Waals surface area contributed by atoms with E-state index in [1.807, 2.05) is 0 Å². The number of hydrogen-bond acceptors (Lipinski definition) is 4. The van der Waals surface area contributed by atoms with Crippen LogP contribution < -0.4 is 11.5 Å². The van der Waals surface area contributed by atoms with Crippen molar-refractivity contribution >= 4 is 17.6 Å². The normalized spacial score (nSPS) is 12.5. The Morgan fingerprint density at radius 3 is 2.86 bits per heavy atom. The van der Waals surface area contributed by atoms with Crippen molar-refractivity contribution < 1.29 is 9.90 Å². The molecule has 1 atom stereocenters. The molecule has 0 radical (unpaired) electrons. The van der Waals surface area contributed by atoms with E-state index in [9.17, 15) is 4.79 Å². The molecule has 0 unspecified atom stereocenters. The van der Waals surface area contributed by atoms with Crippen LogP contribution in [0.1, 0.15) is 22.0 Å². The fourth-order valence-electron chi connectivity index (χ4n) is 1.10. The monoisotopic (exact) mass is 215 g/mol. The average Bonchev–Trinajstić information content (AvgIpc) is 2.16. The van der Waals surface area contributed by atoms with Gasteiger partial charge in [0.05, 0.1) is 5.56 Å². The summed E-state index contributed by atoms with van der Waals surface area (Å²) in [7, 11) is 0. The van der Waals surface area contributed by atoms with Crippen LogP contribution in [0.5, 0.6) is 0 Å². The number of halogens is 1. The van der Waals surface area contributed by atoms with Crippen molar-refractivity contribution in [1.29, 1.82) is 0 Å². The zero-order valence-corrected chi connectivity index (χ0v) is 8.03. The van der Waals surface area contributed by atoms with E-state index in [-0.39, 0.29) is 22.8 Å². The molecule has 1 aromatic heterocycles. The second kappa shape index (κ2) is 4.36. The predicted octanol–water partition coefficient (Wildman–Crippen LogP) is 0.392. The second-order valence-corrected chi connectivity index (χ2v) is 3.07. The summed E-state index contributed by atoms with van der Waals surface area (Å²) in [6, 6.07) is 0.737. The summed E-state index contributed by atoms with van der Waals surface area (Å²) in [5, 5.41) is 8.94. The lowest BCUT2D eigenvalue weighted by atomic mass is 10.0. The van der Waals surface area contributed by atoms with Crippen LogP contribution in [0.2, 0.25) is 5.15 Å². The maximum atomic E-state index is 10.8. The van der Waals surface area contributed by atoms with Crippen LogP contribution in [0.15, 0.2) is 12.3 Å². The van der Waals surface area contributed by atoms with E-state index in [1.54, 1.807) is 0 Å². The molecular weight excluding hydrogens is 206 g/mol. The van der Waals surface area contributed by atoms with Crippen molar-refractivity contribution in [3.05, 3.63) is 28.5 Å². The zero-order valence-electron chi connectivity index (χ0n) is 7.27. The highest BCUT2D eigenvalue weighted by Crippen LogP contribution is 2.22. The third kappa shape index (κ3) is 2.01. The molecule has 1 heterocycles. The molecule has 0 aliphatic heterocycles. The first-order chi connectivity index (χ1) is 6.57. The lowest BCUT2D eigenvalue weighted by molar-refractivity contribution is 0.0695. The zero-order chi connectivity index (χ0) is 10.7. The second-order valence-electron chi connectivity index (χ2n) is 2.71. The Morgan fingerprint density at radius 1 is 1.71 bits per heavy atom. The van der Waals surface area contributed by atoms with Crippen LogP contribution in [0.25, 0.3) is 0 Å². The molecule has 1 rings (SSSR count). The van der Waals surface area contributed by atoms with Crippen molar-refractivity contribution in [1.82, 2.24) is 4.98 Å². The molecule has 5 nitrogen and oxygen atoms in total. The first kappa shape index (κ1) is 10.9. The average molecular weight is 216 g/mol. The molecule has 76 valence electrons. The molecule has 6 heteroatoms. The van der Waals surface area contributed by atoms with Crippen LogP contribution in [0, 0.1) is 0 Å². The SMILES string of the molecule is NC[C@@H](N)c1c(C(=O)O)ccnc1Cl. The quantitative estimate of drug-likeness (QED) is 0.633. The van der Waals surface area contributed by atoms with E-state index in [2.05, 4.69) is 4.98 Å². The van der Waals surface area contributed by atoms with E-state index in [4.69, 9.17) is 28.2 Å². The fraction of sp³-hybridized carbons (Fsp3) is 0.250. The van der Waals surface area contributed by atoms with Gasteiger partial charge in [0.25, 0.3) is 0 Å². The maximum absolute atomic E-state index is 10.8. The molecule has 5 N–H and O–H groups in total. The van der Waals surface area contributed by atoms with Crippen LogP contribution in [-0.2, 0) is 0 Å². The number of aromatic carboxylic acids is 1. The number of nitrogens with zero attached hydrogens (tertiary/aromatic N) is 1. The third-order valence-corrected chi connectivity index (χ3v) is 2.10. The Hall–Kier alpha value is -1.17. The Labute approximate surface area is 85.7 Å². The van der Waals surface area contributed by atoms with Gasteiger partial charge in [0.2, 0.25) is 0 Å². The summed E-state index contributed by atoms with van der Waals surface area (Å²) in [4.78, 5) is 14.6. The molecule has 0 spiro atoms. The van der Waals surface area contributed by atoms with Gasteiger partial charge in [-0.05, 0) is 6.07 Å². The minimum atomic E-state index is -1.09. The fourth-order valence-corrected chi connectivity index (χ4v) is 1.40. The van der Waals surface area contributed by atoms with E-state index in [0.717, 1.165) is 0 Å². The maximum Gasteiger partial charge on any atom is 0.336 e. The van der Waals surface area contributed by atoms with E-state index < -0.39 is 12.0 Å². The molecule has 0 aliphatic rings. The van der Waals surface area contributed by atoms with Gasteiger partial charge >= 0.3 is 5.97 Å². The number of pyridine rings is 1. The molecule has 0 aliphatic carbocycles. The van der Waals surface area contributed by atoms with Gasteiger partial charge in [0.15, 0.2) is 0 Å². The molecule has 14 heavy (non-hydrogen) atoms. The van der Waals surface area contributed by atoms with E-state index >= 15 is 0 Å². The van der Waals surface area contributed by atoms with Crippen molar-refractivity contribution in [2.45, 2.75) is 6.04 Å². The van der Waals surface area contributed by atoms with Gasteiger partial charge in [-0.3, -0.25) is 0 Å². The number of nitrogens with two attached hydrogens (primary N) is 2. The lowest BCUT2D eigenvalue weighted by Crippen LogP contribution is -2.24. The molecule has 0 saturated heterocycles. The molecule has 0 aromatic carbocycles. The van der Waals surface area contributed by atoms with Crippen molar-refractivity contribution in [2.24, 2.45) is 11.5 Å². The summed E-state index contributed by atoms with van der Waals surface area (Å²) in [5.74, 6) is -1.09. The van der Waals surface area contributed by atoms with Gasteiger partial charge in [0, 0.05) is 24.3 Å². The molecule has 0 saturated carbocycles. The number of carboxylic acid groups (broad SMARTS) is 1. The first-order valence-electron chi connectivity index (χ1n) is 3.91. The third-order valence-electron chi connectivity index (χ3n) is 1.80. The van der Waals surface area contributed by atoms with Gasteiger partial charge in [0.1, 0.15) is 5.15 Å². The minimum Gasteiger partial charge on any atom is -0.478 e. The number of carbonyl (C=O) groups is 1. The predicted molar refractivity (Wildman–Crippen MR) is 52.2 cm³/mol. The van der Waals surface area contributed by atoms with Gasteiger partial charge in [-0.2, -0.15) is 0 Å². The summed E-state index contributed by atoms with van der Waals surface area (Å²) in [5.41, 5.74) is 11.3. The van der Waals surface area contributed by atoms with E-state index in [1.165, 1.54) is 12.3 Å². The van der Waals surface area contributed by atoms with Gasteiger partial charge in [-0.25, -0.2) is 9.78 Å². The lowest BCUT2D eigenvalue weighted by Gasteiger charge is -2.12. The van der Waals surface area contributed by atoms with Crippen LogP contribution in [-0.4, -0.2) is 22.6 Å². The van der Waals surface area contributed by atoms with E-state index in [0.29, 0.717) is 0 Å². The van der Waals surface area contributed by atoms with Crippen LogP contribution in [0.4, 0.5) is 0 Å². The Bertz CT molecular complexity index is 356. The Balaban J connectivity index is 3.29. The molecule has 0 bridgehead atoms. The standard InChI is InChI=1S/C8H10ClN3O2/c9-7-6(5(11)3-10)4(8(13)14)1-2-12-7/h1-2,5H,3,10-11H2,(H,13,14)/t5-/m1/s1. The van der Waals surface area contributed by atoms with Crippen molar-refractivity contribution in [3.8, 4) is 0 Å². The van der Waals surface area contributed by atoms with Crippen LogP contribution in [0.3, 0.4) is 0 Å². The smallest absolute Gasteiger partial charge is 0.336 e. The van der Waals surface area contributed by atoms with Crippen molar-refractivity contribution in [2.75, 3.05) is 6.54 Å². The number of hydrogen-bond donors (Lipinski definition) is 3. The molecule has 0 fully saturated rings. The number of rotatable bonds is 3. The topological polar surface area (TPSA) is 102 Å². The van der Waals surface area contributed by atoms with Gasteiger partial charge in [-0.15, -0.1) is 0 Å². The highest BCUT2D eigenvalue weighted by molar-refractivity contribution is 6.30. The highest BCUT2D eigenvalue weighted by Gasteiger charge is 2.18. The number of carboxylic acids is 1. The van der Waals surface area contributed by atoms with Crippen LogP contribution >= 0.6 is 11.6 Å². The highest BCUT2D eigenvalue weighted by atomic mass is 35.5. The van der Waals surface area contributed by atoms with Gasteiger partial charge in [-0.1, -0.05) is 11.6 Å². The van der Waals surface area contributed by atoms with Gasteiger partial charge < -0.3 is 16.6 Å². The Kier molecular flexibility index (Phi) is 3.40. The van der Waals surface area contributed by atoms with Crippen molar-refractivity contribution in [3.63, 3.8) is 0 Å². The summed E-state index contributed by atoms with van der Waals surface area (Å²) in [6.45, 7) is 0.117.